The smallest absolute Gasteiger partial charge is 0.144 e. The van der Waals surface area contributed by atoms with Gasteiger partial charge in [-0.2, -0.15) is 0 Å². The molecule has 1 aliphatic heterocycles. The summed E-state index contributed by atoms with van der Waals surface area (Å²) in [4.78, 5) is 4.68. The van der Waals surface area contributed by atoms with Crippen LogP contribution in [0.1, 0.15) is 29.9 Å². The van der Waals surface area contributed by atoms with E-state index < -0.39 is 0 Å². The summed E-state index contributed by atoms with van der Waals surface area (Å²) >= 11 is 0. The topological polar surface area (TPSA) is 35.3 Å². The Hall–Kier alpha value is -3.24. The van der Waals surface area contributed by atoms with Crippen LogP contribution in [0.5, 0.6) is 0 Å². The molecule has 31 heavy (non-hydrogen) atoms. The molecule has 154 valence electrons. The summed E-state index contributed by atoms with van der Waals surface area (Å²) in [5.41, 5.74) is 5.19. The molecule has 1 aliphatic rings. The molecule has 0 N–H and O–H groups in total. The maximum Gasteiger partial charge on any atom is 0.144 e. The van der Waals surface area contributed by atoms with Gasteiger partial charge in [0.2, 0.25) is 0 Å². The minimum Gasteiger partial charge on any atom is -0.455 e. The van der Waals surface area contributed by atoms with Gasteiger partial charge < -0.3 is 9.15 Å². The molecule has 0 spiro atoms. The van der Waals surface area contributed by atoms with Crippen LogP contribution < -0.4 is 0 Å². The van der Waals surface area contributed by atoms with E-state index in [4.69, 9.17) is 9.15 Å². The van der Waals surface area contributed by atoms with E-state index in [1.54, 1.807) is 12.3 Å². The molecule has 1 saturated heterocycles. The van der Waals surface area contributed by atoms with Crippen LogP contribution in [0.3, 0.4) is 0 Å². The molecule has 0 unspecified atom stereocenters. The van der Waals surface area contributed by atoms with Crippen LogP contribution in [0.15, 0.2) is 65.2 Å². The summed E-state index contributed by atoms with van der Waals surface area (Å²) in [7, 11) is 0. The largest absolute Gasteiger partial charge is 0.455 e. The third kappa shape index (κ3) is 2.94. The van der Waals surface area contributed by atoms with E-state index in [-0.39, 0.29) is 11.7 Å². The number of nitrogens with zero attached hydrogens (tertiary/aromatic N) is 1. The zero-order valence-corrected chi connectivity index (χ0v) is 17.3. The van der Waals surface area contributed by atoms with Gasteiger partial charge in [0, 0.05) is 46.5 Å². The number of benzene rings is 3. The minimum atomic E-state index is -0.137. The highest BCUT2D eigenvalue weighted by molar-refractivity contribution is 6.11. The van der Waals surface area contributed by atoms with Crippen molar-refractivity contribution in [2.45, 2.75) is 25.7 Å². The van der Waals surface area contributed by atoms with Crippen LogP contribution in [0, 0.1) is 12.7 Å². The van der Waals surface area contributed by atoms with Gasteiger partial charge in [-0.3, -0.25) is 4.98 Å². The Morgan fingerprint density at radius 3 is 2.61 bits per heavy atom. The first kappa shape index (κ1) is 18.5. The number of furan rings is 1. The predicted octanol–water partition coefficient (Wildman–Crippen LogP) is 7.14. The Balaban J connectivity index is 1.60. The van der Waals surface area contributed by atoms with Crippen molar-refractivity contribution in [3.05, 3.63) is 77.7 Å². The number of pyridine rings is 1. The van der Waals surface area contributed by atoms with Gasteiger partial charge in [0.25, 0.3) is 0 Å². The van der Waals surface area contributed by atoms with Crippen LogP contribution in [-0.4, -0.2) is 18.2 Å². The van der Waals surface area contributed by atoms with E-state index in [9.17, 15) is 0 Å². The van der Waals surface area contributed by atoms with Crippen molar-refractivity contribution >= 4 is 32.7 Å². The number of hydrogen-bond donors (Lipinski definition) is 0. The molecule has 0 amide bonds. The van der Waals surface area contributed by atoms with Gasteiger partial charge in [0.05, 0.1) is 5.69 Å². The number of aryl methyl sites for hydroxylation is 1. The number of halogens is 1. The Morgan fingerprint density at radius 1 is 0.903 bits per heavy atom. The first-order valence-corrected chi connectivity index (χ1v) is 10.8. The molecule has 5 aromatic rings. The number of rotatable bonds is 2. The Morgan fingerprint density at radius 2 is 1.74 bits per heavy atom. The summed E-state index contributed by atoms with van der Waals surface area (Å²) in [6.07, 6.45) is 3.42. The number of ether oxygens (including phenoxy) is 1. The normalized spacial score (nSPS) is 15.3. The fraction of sp³-hybridized carbons (Fsp3) is 0.222. The van der Waals surface area contributed by atoms with Crippen LogP contribution in [0.2, 0.25) is 0 Å². The predicted molar refractivity (Wildman–Crippen MR) is 122 cm³/mol. The van der Waals surface area contributed by atoms with Crippen molar-refractivity contribution in [3.63, 3.8) is 0 Å². The lowest BCUT2D eigenvalue weighted by atomic mass is 9.89. The van der Waals surface area contributed by atoms with E-state index in [1.807, 2.05) is 30.3 Å². The molecule has 0 atom stereocenters. The van der Waals surface area contributed by atoms with Crippen molar-refractivity contribution in [2.24, 2.45) is 0 Å². The molecule has 0 bridgehead atoms. The third-order valence-electron chi connectivity index (χ3n) is 6.45. The number of para-hydroxylation sites is 1. The molecule has 2 aromatic heterocycles. The lowest BCUT2D eigenvalue weighted by molar-refractivity contribution is 0.0847. The highest BCUT2D eigenvalue weighted by Gasteiger charge is 2.22. The van der Waals surface area contributed by atoms with E-state index in [2.05, 4.69) is 30.1 Å². The lowest BCUT2D eigenvalue weighted by Crippen LogP contribution is -2.15. The Labute approximate surface area is 179 Å². The molecular formula is C27H22FNO2. The summed E-state index contributed by atoms with van der Waals surface area (Å²) < 4.78 is 27.3. The standard InChI is InChI=1S/C27H22FNO2/c1-16-14-22-19-4-2-3-5-24(19)31-27(22)23(15-16)26-21-7-6-18(17-9-12-30-13-10-17)25(28)20(21)8-11-29-26/h2-8,11,14-15,17H,9-10,12-13H2,1H3. The third-order valence-corrected chi connectivity index (χ3v) is 6.45. The van der Waals surface area contributed by atoms with Crippen molar-refractivity contribution in [3.8, 4) is 11.3 Å². The molecule has 3 nitrogen and oxygen atoms in total. The first-order chi connectivity index (χ1) is 15.2. The fourth-order valence-corrected chi connectivity index (χ4v) is 4.92. The molecule has 4 heteroatoms. The van der Waals surface area contributed by atoms with Gasteiger partial charge in [0.15, 0.2) is 0 Å². The molecule has 6 rings (SSSR count). The Kier molecular flexibility index (Phi) is 4.29. The Bertz CT molecular complexity index is 1450. The second-order valence-electron chi connectivity index (χ2n) is 8.40. The molecule has 1 fully saturated rings. The minimum absolute atomic E-state index is 0.137. The summed E-state index contributed by atoms with van der Waals surface area (Å²) in [6, 6.07) is 18.0. The fourth-order valence-electron chi connectivity index (χ4n) is 4.92. The summed E-state index contributed by atoms with van der Waals surface area (Å²) in [5.74, 6) is 0.0670. The van der Waals surface area contributed by atoms with E-state index in [0.29, 0.717) is 18.6 Å². The quantitative estimate of drug-likeness (QED) is 0.310. The molecular weight excluding hydrogens is 389 g/mol. The average Bonchev–Trinajstić information content (AvgIpc) is 3.18. The van der Waals surface area contributed by atoms with Gasteiger partial charge in [-0.1, -0.05) is 30.3 Å². The van der Waals surface area contributed by atoms with Crippen molar-refractivity contribution in [2.75, 3.05) is 13.2 Å². The zero-order valence-electron chi connectivity index (χ0n) is 17.3. The van der Waals surface area contributed by atoms with E-state index >= 15 is 4.39 Å². The van der Waals surface area contributed by atoms with E-state index in [0.717, 1.165) is 62.6 Å². The molecule has 0 radical (unpaired) electrons. The van der Waals surface area contributed by atoms with Gasteiger partial charge in [-0.25, -0.2) is 4.39 Å². The average molecular weight is 411 g/mol. The van der Waals surface area contributed by atoms with Gasteiger partial charge in [-0.05, 0) is 61.1 Å². The SMILES string of the molecule is Cc1cc(-c2nccc3c(F)c(C4CCOCC4)ccc23)c2oc3ccccc3c2c1. The number of hydrogen-bond acceptors (Lipinski definition) is 3. The van der Waals surface area contributed by atoms with Crippen LogP contribution in [-0.2, 0) is 4.74 Å². The van der Waals surface area contributed by atoms with Gasteiger partial charge in [0.1, 0.15) is 17.0 Å². The second kappa shape index (κ2) is 7.17. The number of aromatic nitrogens is 1. The van der Waals surface area contributed by atoms with Crippen molar-refractivity contribution in [1.29, 1.82) is 0 Å². The molecule has 3 heterocycles. The highest BCUT2D eigenvalue weighted by Crippen LogP contribution is 2.40. The van der Waals surface area contributed by atoms with Crippen molar-refractivity contribution in [1.82, 2.24) is 4.98 Å². The molecule has 0 aliphatic carbocycles. The molecule has 3 aromatic carbocycles. The number of fused-ring (bicyclic) bond motifs is 4. The first-order valence-electron chi connectivity index (χ1n) is 10.8. The molecule has 0 saturated carbocycles. The second-order valence-corrected chi connectivity index (χ2v) is 8.40. The summed E-state index contributed by atoms with van der Waals surface area (Å²) in [5, 5.41) is 3.56. The van der Waals surface area contributed by atoms with Crippen molar-refractivity contribution < 1.29 is 13.5 Å². The summed E-state index contributed by atoms with van der Waals surface area (Å²) in [6.45, 7) is 3.45. The van der Waals surface area contributed by atoms with E-state index in [1.165, 1.54) is 0 Å². The van der Waals surface area contributed by atoms with Crippen LogP contribution >= 0.6 is 0 Å². The van der Waals surface area contributed by atoms with Crippen LogP contribution in [0.4, 0.5) is 4.39 Å². The monoisotopic (exact) mass is 411 g/mol. The van der Waals surface area contributed by atoms with Gasteiger partial charge in [-0.15, -0.1) is 0 Å². The maximum absolute atomic E-state index is 15.6. The highest BCUT2D eigenvalue weighted by atomic mass is 19.1. The van der Waals surface area contributed by atoms with Crippen LogP contribution in [0.25, 0.3) is 44.0 Å². The van der Waals surface area contributed by atoms with Gasteiger partial charge >= 0.3 is 0 Å². The zero-order chi connectivity index (χ0) is 20.9. The maximum atomic E-state index is 15.6. The lowest BCUT2D eigenvalue weighted by Gasteiger charge is -2.23.